The Bertz CT molecular complexity index is 1840. The second-order valence-electron chi connectivity index (χ2n) is 11.6. The van der Waals surface area contributed by atoms with Crippen LogP contribution < -0.4 is 21.6 Å². The molecule has 0 bridgehead atoms. The fourth-order valence-corrected chi connectivity index (χ4v) is 14.2. The Morgan fingerprint density at radius 2 is 1.07 bits per heavy atom. The molecular formula is C39H35BrFN2OP. The van der Waals surface area contributed by atoms with Gasteiger partial charge in [0.2, 0.25) is 0 Å². The molecule has 0 radical (unpaired) electrons. The van der Waals surface area contributed by atoms with Crippen LogP contribution in [0.4, 0.5) is 4.39 Å². The Labute approximate surface area is 272 Å². The quantitative estimate of drug-likeness (QED) is 0.153. The van der Waals surface area contributed by atoms with E-state index >= 15 is 0 Å². The van der Waals surface area contributed by atoms with Crippen LogP contribution in [0.2, 0.25) is 0 Å². The van der Waals surface area contributed by atoms with Crippen molar-refractivity contribution in [2.24, 2.45) is 5.73 Å². The molecule has 0 spiro atoms. The van der Waals surface area contributed by atoms with Crippen LogP contribution in [-0.4, -0.2) is 10.5 Å². The number of carbonyl (C=O) groups is 1. The van der Waals surface area contributed by atoms with Crippen molar-refractivity contribution in [3.05, 3.63) is 163 Å². The van der Waals surface area contributed by atoms with E-state index in [1.165, 1.54) is 12.1 Å². The molecule has 0 aliphatic carbocycles. The first-order valence-electron chi connectivity index (χ1n) is 15.0. The fourth-order valence-electron chi connectivity index (χ4n) is 6.64. The van der Waals surface area contributed by atoms with Crippen molar-refractivity contribution in [3.8, 4) is 22.3 Å². The number of nitrogens with two attached hydrogens (primary N) is 1. The van der Waals surface area contributed by atoms with Crippen LogP contribution in [0.3, 0.4) is 0 Å². The summed E-state index contributed by atoms with van der Waals surface area (Å²) in [6.07, 6.45) is 0.529. The summed E-state index contributed by atoms with van der Waals surface area (Å²) in [7, 11) is 0. The van der Waals surface area contributed by atoms with Gasteiger partial charge in [0.05, 0.1) is 0 Å². The average molecular weight is 678 g/mol. The van der Waals surface area contributed by atoms with Crippen molar-refractivity contribution in [1.82, 2.24) is 4.57 Å². The third kappa shape index (κ3) is 5.24. The molecule has 0 atom stereocenters. The number of amides is 1. The first-order chi connectivity index (χ1) is 21.7. The SMILES string of the molecule is CC(C)n1c(CP(Br)(c2ccccc2)(c2ccccc2)c2ccccc2)c(-c2ccc(F)cc2)c(-c2ccccc2)c1C(N)=O. The minimum atomic E-state index is -3.53. The van der Waals surface area contributed by atoms with Gasteiger partial charge in [-0.3, -0.25) is 0 Å². The van der Waals surface area contributed by atoms with Gasteiger partial charge in [0.1, 0.15) is 0 Å². The van der Waals surface area contributed by atoms with Crippen LogP contribution in [0.1, 0.15) is 36.1 Å². The number of halogens is 2. The standard InChI is InChI=1S/C39H35BrFN2OP/c1-28(2)43-35(36(30-23-25-31(41)26-24-30)37(38(43)39(42)44)29-15-7-3-8-16-29)27-45(40,32-17-9-4-10-18-32,33-19-11-5-12-20-33)34-21-13-6-14-22-34/h3-26,28H,27H2,1-2H3,(H2,42,44). The van der Waals surface area contributed by atoms with E-state index in [0.29, 0.717) is 11.9 Å². The van der Waals surface area contributed by atoms with Gasteiger partial charge in [-0.15, -0.1) is 0 Å². The summed E-state index contributed by atoms with van der Waals surface area (Å²) in [6, 6.07) is 48.1. The van der Waals surface area contributed by atoms with Crippen molar-refractivity contribution in [3.63, 3.8) is 0 Å². The zero-order chi connectivity index (χ0) is 31.6. The van der Waals surface area contributed by atoms with Crippen molar-refractivity contribution in [2.75, 3.05) is 0 Å². The molecular weight excluding hydrogens is 642 g/mol. The van der Waals surface area contributed by atoms with E-state index in [9.17, 15) is 9.18 Å². The molecule has 1 aromatic heterocycles. The van der Waals surface area contributed by atoms with Crippen LogP contribution in [-0.2, 0) is 6.16 Å². The maximum atomic E-state index is 14.4. The van der Waals surface area contributed by atoms with E-state index in [0.717, 1.165) is 43.9 Å². The Hall–Kier alpha value is -4.31. The molecule has 6 heteroatoms. The number of aromatic nitrogens is 1. The number of primary amides is 1. The van der Waals surface area contributed by atoms with Gasteiger partial charge in [0, 0.05) is 0 Å². The third-order valence-electron chi connectivity index (χ3n) is 8.58. The Morgan fingerprint density at radius 3 is 1.47 bits per heavy atom. The molecule has 45 heavy (non-hydrogen) atoms. The van der Waals surface area contributed by atoms with Gasteiger partial charge in [-0.1, -0.05) is 0 Å². The molecule has 226 valence electrons. The summed E-state index contributed by atoms with van der Waals surface area (Å²) in [6.45, 7) is 4.16. The number of hydrogen-bond donors (Lipinski definition) is 1. The third-order valence-corrected chi connectivity index (χ3v) is 18.0. The van der Waals surface area contributed by atoms with Crippen molar-refractivity contribution >= 4 is 42.6 Å². The summed E-state index contributed by atoms with van der Waals surface area (Å²) >= 11 is 4.62. The van der Waals surface area contributed by atoms with E-state index in [1.54, 1.807) is 12.1 Å². The topological polar surface area (TPSA) is 48.0 Å². The van der Waals surface area contributed by atoms with Gasteiger partial charge < -0.3 is 0 Å². The van der Waals surface area contributed by atoms with Crippen LogP contribution >= 0.6 is 20.8 Å². The molecule has 6 rings (SSSR count). The van der Waals surface area contributed by atoms with Gasteiger partial charge >= 0.3 is 273 Å². The normalized spacial score (nSPS) is 12.5. The molecule has 0 aliphatic rings. The number of carbonyl (C=O) groups excluding carboxylic acids is 1. The molecule has 3 nitrogen and oxygen atoms in total. The van der Waals surface area contributed by atoms with Crippen LogP contribution in [0.15, 0.2) is 146 Å². The second-order valence-corrected chi connectivity index (χ2v) is 20.5. The number of hydrogen-bond acceptors (Lipinski definition) is 1. The molecule has 0 saturated carbocycles. The number of rotatable bonds is 9. The van der Waals surface area contributed by atoms with Gasteiger partial charge in [-0.25, -0.2) is 0 Å². The van der Waals surface area contributed by atoms with Gasteiger partial charge in [0.15, 0.2) is 0 Å². The Kier molecular flexibility index (Phi) is 8.35. The molecule has 0 fully saturated rings. The second kappa shape index (κ2) is 12.2. The maximum absolute atomic E-state index is 14.4. The first kappa shape index (κ1) is 30.7. The van der Waals surface area contributed by atoms with Crippen molar-refractivity contribution in [1.29, 1.82) is 0 Å². The van der Waals surface area contributed by atoms with Gasteiger partial charge in [-0.05, 0) is 0 Å². The molecule has 0 aliphatic heterocycles. The molecule has 2 N–H and O–H groups in total. The Morgan fingerprint density at radius 1 is 0.667 bits per heavy atom. The first-order valence-corrected chi connectivity index (χ1v) is 19.5. The van der Waals surface area contributed by atoms with Crippen LogP contribution in [0, 0.1) is 5.82 Å². The van der Waals surface area contributed by atoms with E-state index < -0.39 is 11.2 Å². The van der Waals surface area contributed by atoms with Crippen LogP contribution in [0.25, 0.3) is 22.3 Å². The van der Waals surface area contributed by atoms with E-state index in [-0.39, 0.29) is 11.9 Å². The monoisotopic (exact) mass is 676 g/mol. The van der Waals surface area contributed by atoms with E-state index in [1.807, 2.05) is 48.5 Å². The zero-order valence-corrected chi connectivity index (χ0v) is 27.8. The molecule has 1 amide bonds. The summed E-state index contributed by atoms with van der Waals surface area (Å²) in [4.78, 5) is 13.6. The fraction of sp³-hybridized carbons (Fsp3) is 0.103. The predicted molar refractivity (Wildman–Crippen MR) is 192 cm³/mol. The van der Waals surface area contributed by atoms with Gasteiger partial charge in [0.25, 0.3) is 0 Å². The predicted octanol–water partition coefficient (Wildman–Crippen LogP) is 8.98. The molecule has 0 unspecified atom stereocenters. The van der Waals surface area contributed by atoms with E-state index in [4.69, 9.17) is 5.73 Å². The minimum absolute atomic E-state index is 0.108. The zero-order valence-electron chi connectivity index (χ0n) is 25.3. The van der Waals surface area contributed by atoms with Crippen LogP contribution in [0.5, 0.6) is 0 Å². The molecule has 6 aromatic rings. The molecule has 0 saturated heterocycles. The van der Waals surface area contributed by atoms with Crippen molar-refractivity contribution < 1.29 is 9.18 Å². The van der Waals surface area contributed by atoms with Crippen molar-refractivity contribution in [2.45, 2.75) is 26.1 Å². The summed E-state index contributed by atoms with van der Waals surface area (Å²) in [5.41, 5.74) is 11.0. The summed E-state index contributed by atoms with van der Waals surface area (Å²) in [5.74, 6) is -0.829. The molecule has 5 aromatic carbocycles. The average Bonchev–Trinajstić information content (AvgIpc) is 3.41. The number of nitrogens with zero attached hydrogens (tertiary/aromatic N) is 1. The Balaban J connectivity index is 1.83. The molecule has 1 heterocycles. The number of benzene rings is 5. The summed E-state index contributed by atoms with van der Waals surface area (Å²) < 4.78 is 16.5. The van der Waals surface area contributed by atoms with E-state index in [2.05, 4.69) is 107 Å². The summed E-state index contributed by atoms with van der Waals surface area (Å²) in [5, 5.41) is -0.0613. The van der Waals surface area contributed by atoms with Gasteiger partial charge in [-0.2, -0.15) is 0 Å².